The number of amides is 1. The lowest BCUT2D eigenvalue weighted by atomic mass is 9.80. The number of hydrogen-bond acceptors (Lipinski definition) is 3. The molecule has 1 aromatic rings. The summed E-state index contributed by atoms with van der Waals surface area (Å²) < 4.78 is 0. The summed E-state index contributed by atoms with van der Waals surface area (Å²) in [6.45, 7) is 0.600. The molecule has 19 heavy (non-hydrogen) atoms. The molecule has 0 aliphatic heterocycles. The van der Waals surface area contributed by atoms with Gasteiger partial charge in [-0.1, -0.05) is 25.3 Å². The highest BCUT2D eigenvalue weighted by molar-refractivity contribution is 5.77. The van der Waals surface area contributed by atoms with Crippen molar-refractivity contribution in [3.8, 4) is 0 Å². The largest absolute Gasteiger partial charge is 0.341 e. The Morgan fingerprint density at radius 1 is 1.42 bits per heavy atom. The van der Waals surface area contributed by atoms with Crippen LogP contribution in [0.3, 0.4) is 0 Å². The van der Waals surface area contributed by atoms with Crippen molar-refractivity contribution < 1.29 is 4.79 Å². The van der Waals surface area contributed by atoms with E-state index in [4.69, 9.17) is 5.73 Å². The van der Waals surface area contributed by atoms with E-state index in [2.05, 4.69) is 4.98 Å². The summed E-state index contributed by atoms with van der Waals surface area (Å²) in [6, 6.07) is 3.87. The van der Waals surface area contributed by atoms with Crippen molar-refractivity contribution in [1.29, 1.82) is 0 Å². The Hall–Kier alpha value is -1.42. The predicted octanol–water partition coefficient (Wildman–Crippen LogP) is 2.09. The predicted molar refractivity (Wildman–Crippen MR) is 75.3 cm³/mol. The van der Waals surface area contributed by atoms with E-state index in [0.717, 1.165) is 31.2 Å². The van der Waals surface area contributed by atoms with Gasteiger partial charge in [0, 0.05) is 37.9 Å². The minimum Gasteiger partial charge on any atom is -0.341 e. The normalized spacial score (nSPS) is 18.0. The Morgan fingerprint density at radius 2 is 2.16 bits per heavy atom. The fourth-order valence-corrected chi connectivity index (χ4v) is 2.72. The first kappa shape index (κ1) is 14.0. The second-order valence-electron chi connectivity index (χ2n) is 5.71. The molecule has 0 bridgehead atoms. The van der Waals surface area contributed by atoms with Crippen LogP contribution in [0.15, 0.2) is 24.5 Å². The number of rotatable bonds is 4. The summed E-state index contributed by atoms with van der Waals surface area (Å²) >= 11 is 0. The van der Waals surface area contributed by atoms with E-state index < -0.39 is 0 Å². The van der Waals surface area contributed by atoms with Crippen molar-refractivity contribution in [2.45, 2.75) is 50.6 Å². The molecule has 1 fully saturated rings. The van der Waals surface area contributed by atoms with E-state index in [1.54, 1.807) is 17.3 Å². The van der Waals surface area contributed by atoms with Gasteiger partial charge in [0.2, 0.25) is 5.91 Å². The first-order chi connectivity index (χ1) is 9.09. The SMILES string of the molecule is CN(Cc1cccnc1)C(=O)CC1(N)CCCCC1. The lowest BCUT2D eigenvalue weighted by Crippen LogP contribution is -2.46. The molecule has 1 aliphatic rings. The molecule has 2 N–H and O–H groups in total. The summed E-state index contributed by atoms with van der Waals surface area (Å²) in [5, 5.41) is 0. The Morgan fingerprint density at radius 3 is 2.79 bits per heavy atom. The fraction of sp³-hybridized carbons (Fsp3) is 0.600. The number of nitrogens with zero attached hydrogens (tertiary/aromatic N) is 2. The average molecular weight is 261 g/mol. The monoisotopic (exact) mass is 261 g/mol. The Kier molecular flexibility index (Phi) is 4.53. The minimum absolute atomic E-state index is 0.133. The van der Waals surface area contributed by atoms with Crippen molar-refractivity contribution in [1.82, 2.24) is 9.88 Å². The van der Waals surface area contributed by atoms with Crippen LogP contribution in [-0.2, 0) is 11.3 Å². The molecular weight excluding hydrogens is 238 g/mol. The summed E-state index contributed by atoms with van der Waals surface area (Å²) in [6.07, 6.45) is 9.48. The Labute approximate surface area is 115 Å². The van der Waals surface area contributed by atoms with Crippen LogP contribution < -0.4 is 5.73 Å². The molecule has 0 radical (unpaired) electrons. The highest BCUT2D eigenvalue weighted by Gasteiger charge is 2.31. The van der Waals surface area contributed by atoms with Gasteiger partial charge in [0.15, 0.2) is 0 Å². The van der Waals surface area contributed by atoms with Gasteiger partial charge in [-0.15, -0.1) is 0 Å². The van der Waals surface area contributed by atoms with Gasteiger partial charge in [-0.25, -0.2) is 0 Å². The third-order valence-corrected chi connectivity index (χ3v) is 3.92. The van der Waals surface area contributed by atoms with Crippen LogP contribution in [0, 0.1) is 0 Å². The molecule has 4 nitrogen and oxygen atoms in total. The molecule has 0 saturated heterocycles. The molecule has 0 unspecified atom stereocenters. The maximum absolute atomic E-state index is 12.2. The van der Waals surface area contributed by atoms with Crippen molar-refractivity contribution in [2.24, 2.45) is 5.73 Å². The fourth-order valence-electron chi connectivity index (χ4n) is 2.72. The zero-order chi connectivity index (χ0) is 13.7. The molecular formula is C15H23N3O. The highest BCUT2D eigenvalue weighted by Crippen LogP contribution is 2.29. The second-order valence-corrected chi connectivity index (χ2v) is 5.71. The van der Waals surface area contributed by atoms with Gasteiger partial charge >= 0.3 is 0 Å². The standard InChI is InChI=1S/C15H23N3O/c1-18(12-13-6-5-9-17-11-13)14(19)10-15(16)7-3-2-4-8-15/h5-6,9,11H,2-4,7-8,10,12,16H2,1H3. The van der Waals surface area contributed by atoms with Crippen LogP contribution in [0.5, 0.6) is 0 Å². The van der Waals surface area contributed by atoms with Gasteiger partial charge < -0.3 is 10.6 Å². The number of nitrogens with two attached hydrogens (primary N) is 1. The number of hydrogen-bond donors (Lipinski definition) is 1. The topological polar surface area (TPSA) is 59.2 Å². The van der Waals surface area contributed by atoms with Gasteiger partial charge in [0.05, 0.1) is 0 Å². The van der Waals surface area contributed by atoms with E-state index in [1.807, 2.05) is 19.2 Å². The van der Waals surface area contributed by atoms with Gasteiger partial charge in [-0.3, -0.25) is 9.78 Å². The summed E-state index contributed by atoms with van der Waals surface area (Å²) in [5.41, 5.74) is 7.10. The van der Waals surface area contributed by atoms with Crippen molar-refractivity contribution in [3.63, 3.8) is 0 Å². The smallest absolute Gasteiger partial charge is 0.224 e. The van der Waals surface area contributed by atoms with Crippen LogP contribution in [0.25, 0.3) is 0 Å². The average Bonchev–Trinajstić information content (AvgIpc) is 2.40. The third kappa shape index (κ3) is 4.03. The second kappa shape index (κ2) is 6.15. The zero-order valence-corrected chi connectivity index (χ0v) is 11.6. The van der Waals surface area contributed by atoms with E-state index in [9.17, 15) is 4.79 Å². The molecule has 4 heteroatoms. The zero-order valence-electron chi connectivity index (χ0n) is 11.6. The molecule has 1 amide bonds. The molecule has 104 valence electrons. The number of aromatic nitrogens is 1. The van der Waals surface area contributed by atoms with Crippen LogP contribution >= 0.6 is 0 Å². The van der Waals surface area contributed by atoms with E-state index in [0.29, 0.717) is 13.0 Å². The summed E-state index contributed by atoms with van der Waals surface area (Å²) in [7, 11) is 1.83. The maximum atomic E-state index is 12.2. The van der Waals surface area contributed by atoms with Gasteiger partial charge in [0.25, 0.3) is 0 Å². The molecule has 1 saturated carbocycles. The van der Waals surface area contributed by atoms with Crippen molar-refractivity contribution in [2.75, 3.05) is 7.05 Å². The first-order valence-electron chi connectivity index (χ1n) is 7.01. The lowest BCUT2D eigenvalue weighted by molar-refractivity contribution is -0.132. The van der Waals surface area contributed by atoms with Crippen LogP contribution in [0.2, 0.25) is 0 Å². The van der Waals surface area contributed by atoms with E-state index >= 15 is 0 Å². The minimum atomic E-state index is -0.279. The lowest BCUT2D eigenvalue weighted by Gasteiger charge is -2.34. The van der Waals surface area contributed by atoms with Crippen molar-refractivity contribution in [3.05, 3.63) is 30.1 Å². The highest BCUT2D eigenvalue weighted by atomic mass is 16.2. The molecule has 1 aliphatic carbocycles. The Balaban J connectivity index is 1.88. The summed E-state index contributed by atoms with van der Waals surface area (Å²) in [5.74, 6) is 0.133. The van der Waals surface area contributed by atoms with Gasteiger partial charge in [-0.05, 0) is 24.5 Å². The molecule has 1 aromatic heterocycles. The van der Waals surface area contributed by atoms with Gasteiger partial charge in [-0.2, -0.15) is 0 Å². The third-order valence-electron chi connectivity index (χ3n) is 3.92. The van der Waals surface area contributed by atoms with E-state index in [-0.39, 0.29) is 11.4 Å². The number of pyridine rings is 1. The van der Waals surface area contributed by atoms with Gasteiger partial charge in [0.1, 0.15) is 0 Å². The van der Waals surface area contributed by atoms with Crippen LogP contribution in [0.4, 0.5) is 0 Å². The number of carbonyl (C=O) groups is 1. The number of carbonyl (C=O) groups excluding carboxylic acids is 1. The molecule has 0 aromatic carbocycles. The van der Waals surface area contributed by atoms with Crippen molar-refractivity contribution >= 4 is 5.91 Å². The van der Waals surface area contributed by atoms with Crippen LogP contribution in [0.1, 0.15) is 44.1 Å². The molecule has 1 heterocycles. The van der Waals surface area contributed by atoms with E-state index in [1.165, 1.54) is 6.42 Å². The molecule has 2 rings (SSSR count). The maximum Gasteiger partial charge on any atom is 0.224 e. The Bertz CT molecular complexity index is 413. The molecule has 0 atom stereocenters. The van der Waals surface area contributed by atoms with Crippen LogP contribution in [-0.4, -0.2) is 28.4 Å². The molecule has 0 spiro atoms. The first-order valence-corrected chi connectivity index (χ1v) is 7.01. The quantitative estimate of drug-likeness (QED) is 0.903. The summed E-state index contributed by atoms with van der Waals surface area (Å²) in [4.78, 5) is 18.1.